The van der Waals surface area contributed by atoms with E-state index in [4.69, 9.17) is 9.73 Å². The lowest BCUT2D eigenvalue weighted by atomic mass is 9.99. The third-order valence-corrected chi connectivity index (χ3v) is 7.64. The highest BCUT2D eigenvalue weighted by Crippen LogP contribution is 2.45. The number of hydrogen-bond acceptors (Lipinski definition) is 8. The Balaban J connectivity index is 1.35. The highest BCUT2D eigenvalue weighted by molar-refractivity contribution is 8.16. The first-order valence-electron chi connectivity index (χ1n) is 11.4. The van der Waals surface area contributed by atoms with Gasteiger partial charge in [0.25, 0.3) is 0 Å². The van der Waals surface area contributed by atoms with Crippen molar-refractivity contribution in [1.29, 1.82) is 0 Å². The molecule has 2 aliphatic rings. The Morgan fingerprint density at radius 2 is 1.86 bits per heavy atom. The molecule has 0 aliphatic carbocycles. The predicted molar refractivity (Wildman–Crippen MR) is 142 cm³/mol. The van der Waals surface area contributed by atoms with Crippen LogP contribution in [0.5, 0.6) is 0 Å². The maximum absolute atomic E-state index is 13.4. The fourth-order valence-corrected chi connectivity index (χ4v) is 5.86. The number of amides is 1. The molecular formula is C27H24N4O3S2. The van der Waals surface area contributed by atoms with Crippen LogP contribution in [0.1, 0.15) is 35.4 Å². The molecule has 5 rings (SSSR count). The first kappa shape index (κ1) is 24.0. The maximum atomic E-state index is 13.4. The second-order valence-corrected chi connectivity index (χ2v) is 10.1. The molecule has 3 aromatic rings. The monoisotopic (exact) mass is 516 g/mol. The van der Waals surface area contributed by atoms with Gasteiger partial charge >= 0.3 is 5.97 Å². The van der Waals surface area contributed by atoms with Crippen molar-refractivity contribution in [3.05, 3.63) is 111 Å². The Labute approximate surface area is 217 Å². The van der Waals surface area contributed by atoms with Crippen molar-refractivity contribution in [2.24, 2.45) is 4.99 Å². The van der Waals surface area contributed by atoms with Crippen LogP contribution >= 0.6 is 23.1 Å². The van der Waals surface area contributed by atoms with Crippen LogP contribution in [0, 0.1) is 0 Å². The second-order valence-electron chi connectivity index (χ2n) is 8.28. The number of nitrogens with one attached hydrogen (secondary N) is 1. The fraction of sp³-hybridized carbons (Fsp3) is 0.185. The van der Waals surface area contributed by atoms with Gasteiger partial charge in [-0.2, -0.15) is 0 Å². The summed E-state index contributed by atoms with van der Waals surface area (Å²) < 4.78 is 5.72. The number of thiophene rings is 1. The number of ether oxygens (including phenoxy) is 1. The molecule has 7 nitrogen and oxygen atoms in total. The number of rotatable bonds is 8. The normalized spacial score (nSPS) is 16.8. The zero-order valence-electron chi connectivity index (χ0n) is 19.6. The number of aliphatic imine (C=N–C) groups is 1. The second kappa shape index (κ2) is 10.9. The van der Waals surface area contributed by atoms with Gasteiger partial charge in [0.2, 0.25) is 5.91 Å². The molecule has 2 aliphatic heterocycles. The van der Waals surface area contributed by atoms with E-state index in [1.54, 1.807) is 23.7 Å². The van der Waals surface area contributed by atoms with Crippen LogP contribution in [0.15, 0.2) is 99.7 Å². The predicted octanol–water partition coefficient (Wildman–Crippen LogP) is 5.17. The zero-order chi connectivity index (χ0) is 24.9. The van der Waals surface area contributed by atoms with Crippen molar-refractivity contribution in [3.63, 3.8) is 0 Å². The van der Waals surface area contributed by atoms with Crippen LogP contribution in [-0.4, -0.2) is 26.9 Å². The summed E-state index contributed by atoms with van der Waals surface area (Å²) in [7, 11) is 0. The Hall–Kier alpha value is -3.69. The van der Waals surface area contributed by atoms with E-state index in [1.165, 1.54) is 11.8 Å². The minimum Gasteiger partial charge on any atom is -0.457 e. The average Bonchev–Trinajstić information content (AvgIpc) is 3.57. The van der Waals surface area contributed by atoms with Crippen molar-refractivity contribution in [2.45, 2.75) is 32.5 Å². The van der Waals surface area contributed by atoms with Crippen LogP contribution < -0.4 is 5.32 Å². The van der Waals surface area contributed by atoms with Gasteiger partial charge in [-0.1, -0.05) is 48.2 Å². The number of benzene rings is 1. The molecule has 1 amide bonds. The summed E-state index contributed by atoms with van der Waals surface area (Å²) in [4.78, 5) is 37.9. The quantitative estimate of drug-likeness (QED) is 0.416. The smallest absolute Gasteiger partial charge is 0.338 e. The summed E-state index contributed by atoms with van der Waals surface area (Å²) in [6, 6.07) is 16.9. The van der Waals surface area contributed by atoms with Crippen molar-refractivity contribution < 1.29 is 14.3 Å². The van der Waals surface area contributed by atoms with E-state index in [9.17, 15) is 9.59 Å². The lowest BCUT2D eigenvalue weighted by molar-refractivity contribution is -0.141. The van der Waals surface area contributed by atoms with E-state index in [2.05, 4.69) is 10.3 Å². The van der Waals surface area contributed by atoms with Crippen molar-refractivity contribution in [3.8, 4) is 0 Å². The molecule has 1 atom stereocenters. The van der Waals surface area contributed by atoms with E-state index < -0.39 is 12.0 Å². The van der Waals surface area contributed by atoms with Crippen LogP contribution in [0.2, 0.25) is 0 Å². The molecule has 0 saturated carbocycles. The molecule has 0 unspecified atom stereocenters. The molecule has 0 saturated heterocycles. The summed E-state index contributed by atoms with van der Waals surface area (Å²) in [6.07, 6.45) is 3.57. The molecule has 4 heterocycles. The van der Waals surface area contributed by atoms with Crippen LogP contribution in [0.25, 0.3) is 0 Å². The van der Waals surface area contributed by atoms with Gasteiger partial charge in [-0.3, -0.25) is 9.78 Å². The number of amidine groups is 1. The maximum Gasteiger partial charge on any atom is 0.338 e. The van der Waals surface area contributed by atoms with E-state index >= 15 is 0 Å². The van der Waals surface area contributed by atoms with Gasteiger partial charge in [-0.15, -0.1) is 11.3 Å². The number of carbonyl (C=O) groups is 2. The zero-order valence-corrected chi connectivity index (χ0v) is 21.2. The number of allylic oxidation sites excluding steroid dienone is 1. The van der Waals surface area contributed by atoms with E-state index in [1.807, 2.05) is 77.2 Å². The Morgan fingerprint density at radius 3 is 2.61 bits per heavy atom. The first-order chi connectivity index (χ1) is 17.6. The molecule has 2 aromatic heterocycles. The number of esters is 1. The van der Waals surface area contributed by atoms with E-state index in [0.29, 0.717) is 17.8 Å². The number of thioether (sulfide) groups is 1. The molecule has 1 aromatic carbocycles. The number of fused-ring (bicyclic) bond motifs is 1. The highest BCUT2D eigenvalue weighted by atomic mass is 32.2. The van der Waals surface area contributed by atoms with Gasteiger partial charge in [-0.05, 0) is 47.0 Å². The standard InChI is InChI=1S/C27H24N4O3S2/c1-18-24(26(33)34-16-20-6-3-2-4-7-20)25(22-8-5-13-35-22)31-21(17-36-27(31)30-18)14-23(32)29-15-19-9-11-28-12-10-19/h2-13,17,25H,14-16H2,1H3,(H,29,32)/t25-/m1/s1. The largest absolute Gasteiger partial charge is 0.457 e. The average molecular weight is 517 g/mol. The number of pyridine rings is 1. The molecule has 0 spiro atoms. The van der Waals surface area contributed by atoms with E-state index in [-0.39, 0.29) is 18.9 Å². The molecule has 1 N–H and O–H groups in total. The summed E-state index contributed by atoms with van der Waals surface area (Å²) in [6.45, 7) is 2.44. The molecular weight excluding hydrogens is 492 g/mol. The van der Waals surface area contributed by atoms with Crippen molar-refractivity contribution in [2.75, 3.05) is 0 Å². The lowest BCUT2D eigenvalue weighted by Crippen LogP contribution is -2.37. The van der Waals surface area contributed by atoms with Gasteiger partial charge in [-0.25, -0.2) is 9.79 Å². The summed E-state index contributed by atoms with van der Waals surface area (Å²) in [5.74, 6) is -0.514. The Bertz CT molecular complexity index is 1340. The fourth-order valence-electron chi connectivity index (χ4n) is 4.08. The number of aromatic nitrogens is 1. The highest BCUT2D eigenvalue weighted by Gasteiger charge is 2.41. The topological polar surface area (TPSA) is 83.9 Å². The molecule has 0 radical (unpaired) electrons. The van der Waals surface area contributed by atoms with Gasteiger partial charge in [0, 0.05) is 29.5 Å². The minimum atomic E-state index is -0.407. The Kier molecular flexibility index (Phi) is 7.29. The SMILES string of the molecule is CC1=C(C(=O)OCc2ccccc2)[C@@H](c2cccs2)N2C(CC(=O)NCc3ccncc3)=CSC2=N1. The lowest BCUT2D eigenvalue weighted by Gasteiger charge is -2.35. The minimum absolute atomic E-state index is 0.107. The van der Waals surface area contributed by atoms with Gasteiger partial charge < -0.3 is 15.0 Å². The molecule has 182 valence electrons. The van der Waals surface area contributed by atoms with Crippen LogP contribution in [0.4, 0.5) is 0 Å². The van der Waals surface area contributed by atoms with Gasteiger partial charge in [0.15, 0.2) is 5.17 Å². The Morgan fingerprint density at radius 1 is 1.06 bits per heavy atom. The summed E-state index contributed by atoms with van der Waals surface area (Å²) in [5, 5.41) is 7.64. The molecule has 9 heteroatoms. The van der Waals surface area contributed by atoms with Crippen molar-refractivity contribution in [1.82, 2.24) is 15.2 Å². The van der Waals surface area contributed by atoms with Crippen LogP contribution in [0.3, 0.4) is 0 Å². The van der Waals surface area contributed by atoms with Crippen LogP contribution in [-0.2, 0) is 27.5 Å². The van der Waals surface area contributed by atoms with E-state index in [0.717, 1.165) is 26.9 Å². The van der Waals surface area contributed by atoms with Gasteiger partial charge in [0.05, 0.1) is 17.7 Å². The molecule has 36 heavy (non-hydrogen) atoms. The van der Waals surface area contributed by atoms with Gasteiger partial charge in [0.1, 0.15) is 12.6 Å². The third-order valence-electron chi connectivity index (χ3n) is 5.83. The summed E-state index contributed by atoms with van der Waals surface area (Å²) in [5.41, 5.74) is 3.81. The summed E-state index contributed by atoms with van der Waals surface area (Å²) >= 11 is 3.03. The third kappa shape index (κ3) is 5.27. The molecule has 0 fully saturated rings. The number of hydrogen-bond donors (Lipinski definition) is 1. The first-order valence-corrected chi connectivity index (χ1v) is 13.2. The number of carbonyl (C=O) groups excluding carboxylic acids is 2. The molecule has 0 bridgehead atoms. The van der Waals surface area contributed by atoms with Crippen molar-refractivity contribution >= 4 is 40.1 Å². The number of nitrogens with zero attached hydrogens (tertiary/aromatic N) is 3.